The second-order valence-corrected chi connectivity index (χ2v) is 5.17. The van der Waals surface area contributed by atoms with Gasteiger partial charge in [-0.1, -0.05) is 15.9 Å². The molecule has 1 amide bonds. The molecule has 0 fully saturated rings. The lowest BCUT2D eigenvalue weighted by Crippen LogP contribution is -2.14. The van der Waals surface area contributed by atoms with Crippen molar-refractivity contribution in [3.8, 4) is 5.75 Å². The highest BCUT2D eigenvalue weighted by atomic mass is 79.9. The van der Waals surface area contributed by atoms with E-state index >= 15 is 0 Å². The summed E-state index contributed by atoms with van der Waals surface area (Å²) < 4.78 is 6.09. The van der Waals surface area contributed by atoms with Crippen molar-refractivity contribution in [2.75, 3.05) is 24.3 Å². The van der Waals surface area contributed by atoms with Crippen LogP contribution < -0.4 is 15.4 Å². The average molecular weight is 350 g/mol. The van der Waals surface area contributed by atoms with Crippen molar-refractivity contribution >= 4 is 33.2 Å². The summed E-state index contributed by atoms with van der Waals surface area (Å²) in [7, 11) is 1.56. The van der Waals surface area contributed by atoms with Crippen LogP contribution in [-0.2, 0) is 0 Å². The number of benzene rings is 1. The van der Waals surface area contributed by atoms with Crippen LogP contribution in [0.3, 0.4) is 0 Å². The average Bonchev–Trinajstić information content (AvgIpc) is 2.48. The predicted octanol–water partition coefficient (Wildman–Crippen LogP) is 3.54. The van der Waals surface area contributed by atoms with E-state index in [2.05, 4.69) is 31.5 Å². The Morgan fingerprint density at radius 1 is 1.33 bits per heavy atom. The molecule has 0 bridgehead atoms. The smallest absolute Gasteiger partial charge is 0.274 e. The number of methoxy groups -OCH3 is 1. The standard InChI is InChI=1S/C15H16BrN3O2/c1-3-17-11-6-7-18-13(9-11)15(20)19-12-8-10(16)4-5-14(12)21-2/h4-9H,3H2,1-2H3,(H,17,18)(H,19,20). The van der Waals surface area contributed by atoms with Crippen molar-refractivity contribution in [3.05, 3.63) is 46.7 Å². The number of amides is 1. The summed E-state index contributed by atoms with van der Waals surface area (Å²) in [4.78, 5) is 16.4. The van der Waals surface area contributed by atoms with Gasteiger partial charge in [-0.2, -0.15) is 0 Å². The van der Waals surface area contributed by atoms with E-state index in [0.29, 0.717) is 17.1 Å². The topological polar surface area (TPSA) is 63.2 Å². The Hall–Kier alpha value is -2.08. The lowest BCUT2D eigenvalue weighted by atomic mass is 10.2. The third kappa shape index (κ3) is 3.95. The number of pyridine rings is 1. The number of hydrogen-bond donors (Lipinski definition) is 2. The van der Waals surface area contributed by atoms with Gasteiger partial charge in [0.05, 0.1) is 12.8 Å². The van der Waals surface area contributed by atoms with E-state index in [4.69, 9.17) is 4.74 Å². The van der Waals surface area contributed by atoms with Crippen LogP contribution in [0.15, 0.2) is 41.0 Å². The van der Waals surface area contributed by atoms with Crippen LogP contribution in [0.25, 0.3) is 0 Å². The Balaban J connectivity index is 2.21. The minimum atomic E-state index is -0.286. The number of carbonyl (C=O) groups excluding carboxylic acids is 1. The molecule has 21 heavy (non-hydrogen) atoms. The molecule has 5 nitrogen and oxygen atoms in total. The van der Waals surface area contributed by atoms with Crippen LogP contribution in [0.4, 0.5) is 11.4 Å². The van der Waals surface area contributed by atoms with Gasteiger partial charge in [-0.25, -0.2) is 0 Å². The first-order chi connectivity index (χ1) is 10.1. The fraction of sp³-hybridized carbons (Fsp3) is 0.200. The summed E-state index contributed by atoms with van der Waals surface area (Å²) in [5.74, 6) is 0.306. The number of nitrogens with zero attached hydrogens (tertiary/aromatic N) is 1. The monoisotopic (exact) mass is 349 g/mol. The highest BCUT2D eigenvalue weighted by Gasteiger charge is 2.12. The van der Waals surface area contributed by atoms with Crippen LogP contribution in [-0.4, -0.2) is 24.5 Å². The number of hydrogen-bond acceptors (Lipinski definition) is 4. The number of anilines is 2. The minimum absolute atomic E-state index is 0.286. The zero-order valence-electron chi connectivity index (χ0n) is 11.8. The van der Waals surface area contributed by atoms with Crippen LogP contribution >= 0.6 is 15.9 Å². The van der Waals surface area contributed by atoms with Gasteiger partial charge >= 0.3 is 0 Å². The van der Waals surface area contributed by atoms with Gasteiger partial charge in [0.15, 0.2) is 0 Å². The first-order valence-corrected chi connectivity index (χ1v) is 7.28. The Labute approximate surface area is 131 Å². The first kappa shape index (κ1) is 15.3. The molecule has 0 aliphatic carbocycles. The first-order valence-electron chi connectivity index (χ1n) is 6.49. The Morgan fingerprint density at radius 3 is 2.86 bits per heavy atom. The number of nitrogens with one attached hydrogen (secondary N) is 2. The largest absolute Gasteiger partial charge is 0.495 e. The Kier molecular flexibility index (Phi) is 5.16. The molecule has 2 N–H and O–H groups in total. The molecule has 0 radical (unpaired) electrons. The predicted molar refractivity (Wildman–Crippen MR) is 87.0 cm³/mol. The molecule has 0 aliphatic heterocycles. The van der Waals surface area contributed by atoms with Crippen LogP contribution in [0.2, 0.25) is 0 Å². The summed E-state index contributed by atoms with van der Waals surface area (Å²) in [6.07, 6.45) is 1.60. The second kappa shape index (κ2) is 7.08. The molecule has 0 saturated heterocycles. The van der Waals surface area contributed by atoms with Crippen molar-refractivity contribution < 1.29 is 9.53 Å². The molecule has 0 unspecified atom stereocenters. The molecular formula is C15H16BrN3O2. The van der Waals surface area contributed by atoms with Crippen LogP contribution in [0.1, 0.15) is 17.4 Å². The Bertz CT molecular complexity index is 647. The fourth-order valence-electron chi connectivity index (χ4n) is 1.83. The van der Waals surface area contributed by atoms with E-state index in [9.17, 15) is 4.79 Å². The highest BCUT2D eigenvalue weighted by Crippen LogP contribution is 2.28. The molecule has 6 heteroatoms. The van der Waals surface area contributed by atoms with Crippen molar-refractivity contribution in [2.24, 2.45) is 0 Å². The van der Waals surface area contributed by atoms with E-state index < -0.39 is 0 Å². The molecule has 0 spiro atoms. The molecule has 0 saturated carbocycles. The molecule has 2 rings (SSSR count). The third-order valence-electron chi connectivity index (χ3n) is 2.78. The van der Waals surface area contributed by atoms with Crippen molar-refractivity contribution in [2.45, 2.75) is 6.92 Å². The highest BCUT2D eigenvalue weighted by molar-refractivity contribution is 9.10. The maximum Gasteiger partial charge on any atom is 0.274 e. The van der Waals surface area contributed by atoms with Gasteiger partial charge in [0.25, 0.3) is 5.91 Å². The zero-order valence-corrected chi connectivity index (χ0v) is 13.4. The van der Waals surface area contributed by atoms with Gasteiger partial charge < -0.3 is 15.4 Å². The normalized spacial score (nSPS) is 10.0. The summed E-state index contributed by atoms with van der Waals surface area (Å²) >= 11 is 3.37. The summed E-state index contributed by atoms with van der Waals surface area (Å²) in [6, 6.07) is 8.94. The van der Waals surface area contributed by atoms with Gasteiger partial charge in [0, 0.05) is 22.9 Å². The lowest BCUT2D eigenvalue weighted by molar-refractivity contribution is 0.102. The van der Waals surface area contributed by atoms with Gasteiger partial charge in [0.1, 0.15) is 11.4 Å². The van der Waals surface area contributed by atoms with Crippen molar-refractivity contribution in [3.63, 3.8) is 0 Å². The lowest BCUT2D eigenvalue weighted by Gasteiger charge is -2.11. The number of rotatable bonds is 5. The van der Waals surface area contributed by atoms with E-state index in [1.54, 1.807) is 31.5 Å². The molecule has 1 aromatic heterocycles. The number of carbonyl (C=O) groups is 1. The molecule has 1 heterocycles. The maximum atomic E-state index is 12.3. The summed E-state index contributed by atoms with van der Waals surface area (Å²) in [5, 5.41) is 5.95. The van der Waals surface area contributed by atoms with E-state index in [1.807, 2.05) is 19.1 Å². The van der Waals surface area contributed by atoms with E-state index in [0.717, 1.165) is 16.7 Å². The second-order valence-electron chi connectivity index (χ2n) is 4.26. The molecule has 0 aliphatic rings. The molecule has 1 aromatic carbocycles. The number of halogens is 1. The van der Waals surface area contributed by atoms with Gasteiger partial charge in [-0.3, -0.25) is 9.78 Å². The number of ether oxygens (including phenoxy) is 1. The molecule has 110 valence electrons. The Morgan fingerprint density at radius 2 is 2.14 bits per heavy atom. The van der Waals surface area contributed by atoms with Crippen LogP contribution in [0.5, 0.6) is 5.75 Å². The maximum absolute atomic E-state index is 12.3. The van der Waals surface area contributed by atoms with Gasteiger partial charge in [-0.15, -0.1) is 0 Å². The van der Waals surface area contributed by atoms with Gasteiger partial charge in [0.2, 0.25) is 0 Å². The van der Waals surface area contributed by atoms with Crippen molar-refractivity contribution in [1.82, 2.24) is 4.98 Å². The SMILES string of the molecule is CCNc1ccnc(C(=O)Nc2cc(Br)ccc2OC)c1. The van der Waals surface area contributed by atoms with E-state index in [1.165, 1.54) is 0 Å². The zero-order chi connectivity index (χ0) is 15.2. The quantitative estimate of drug-likeness (QED) is 0.866. The molecular weight excluding hydrogens is 334 g/mol. The minimum Gasteiger partial charge on any atom is -0.495 e. The third-order valence-corrected chi connectivity index (χ3v) is 3.28. The molecule has 0 atom stereocenters. The van der Waals surface area contributed by atoms with Crippen molar-refractivity contribution in [1.29, 1.82) is 0 Å². The van der Waals surface area contributed by atoms with Crippen LogP contribution in [0, 0.1) is 0 Å². The summed E-state index contributed by atoms with van der Waals surface area (Å²) in [5.41, 5.74) is 1.79. The fourth-order valence-corrected chi connectivity index (χ4v) is 2.19. The summed E-state index contributed by atoms with van der Waals surface area (Å²) in [6.45, 7) is 2.77. The van der Waals surface area contributed by atoms with Gasteiger partial charge in [-0.05, 0) is 37.3 Å². The number of aromatic nitrogens is 1. The molecule has 2 aromatic rings. The van der Waals surface area contributed by atoms with E-state index in [-0.39, 0.29) is 5.91 Å².